The quantitative estimate of drug-likeness (QED) is 0.489. The molecule has 8 heteroatoms. The lowest BCUT2D eigenvalue weighted by atomic mass is 10.2. The highest BCUT2D eigenvalue weighted by Crippen LogP contribution is 2.12. The number of amides is 1. The van der Waals surface area contributed by atoms with Crippen LogP contribution < -0.4 is 5.43 Å². The normalized spacial score (nSPS) is 12.2. The lowest BCUT2D eigenvalue weighted by molar-refractivity contribution is -0.131. The van der Waals surface area contributed by atoms with Crippen LogP contribution >= 0.6 is 39.1 Å². The van der Waals surface area contributed by atoms with Gasteiger partial charge in [-0.3, -0.25) is 4.79 Å². The Hall–Kier alpha value is -1.37. The maximum Gasteiger partial charge on any atom is 0.348 e. The second-order valence-corrected chi connectivity index (χ2v) is 4.88. The standard InChI is InChI=1S/C11H7BrCl2N2O3/c12-7-3-1-2-6(4-7)10(17)16-15-5-8(13)9(14)11(18)19/h1-5H,(H,16,17)(H,18,19)/b9-8-,15-5+. The zero-order chi connectivity index (χ0) is 14.4. The fourth-order valence-electron chi connectivity index (χ4n) is 1.00. The van der Waals surface area contributed by atoms with E-state index >= 15 is 0 Å². The maximum atomic E-state index is 11.6. The minimum Gasteiger partial charge on any atom is -0.477 e. The van der Waals surface area contributed by atoms with Gasteiger partial charge in [0.25, 0.3) is 5.91 Å². The van der Waals surface area contributed by atoms with Crippen LogP contribution in [0.25, 0.3) is 0 Å². The number of rotatable bonds is 4. The molecule has 1 aromatic carbocycles. The number of allylic oxidation sites excluding steroid dienone is 1. The molecule has 0 saturated heterocycles. The van der Waals surface area contributed by atoms with Crippen LogP contribution in [0, 0.1) is 0 Å². The van der Waals surface area contributed by atoms with E-state index in [2.05, 4.69) is 26.5 Å². The van der Waals surface area contributed by atoms with Crippen molar-refractivity contribution in [1.29, 1.82) is 0 Å². The molecule has 1 amide bonds. The van der Waals surface area contributed by atoms with Crippen LogP contribution in [0.1, 0.15) is 10.4 Å². The van der Waals surface area contributed by atoms with Gasteiger partial charge in [-0.05, 0) is 18.2 Å². The van der Waals surface area contributed by atoms with E-state index in [1.54, 1.807) is 24.3 Å². The van der Waals surface area contributed by atoms with Gasteiger partial charge in [-0.15, -0.1) is 0 Å². The topological polar surface area (TPSA) is 78.8 Å². The Balaban J connectivity index is 2.70. The fourth-order valence-corrected chi connectivity index (χ4v) is 1.58. The van der Waals surface area contributed by atoms with Gasteiger partial charge in [0.2, 0.25) is 0 Å². The van der Waals surface area contributed by atoms with Gasteiger partial charge in [0.15, 0.2) is 0 Å². The summed E-state index contributed by atoms with van der Waals surface area (Å²) in [7, 11) is 0. The SMILES string of the molecule is O=C(O)/C(Cl)=C(Cl)\C=N\NC(=O)c1cccc(Br)c1. The molecule has 5 nitrogen and oxygen atoms in total. The molecule has 0 spiro atoms. The van der Waals surface area contributed by atoms with Crippen LogP contribution in [0.5, 0.6) is 0 Å². The van der Waals surface area contributed by atoms with Crippen molar-refractivity contribution in [2.24, 2.45) is 5.10 Å². The number of carbonyl (C=O) groups is 2. The largest absolute Gasteiger partial charge is 0.477 e. The third kappa shape index (κ3) is 5.02. The number of hydrogen-bond acceptors (Lipinski definition) is 3. The number of halogens is 3. The molecule has 0 unspecified atom stereocenters. The molecule has 0 atom stereocenters. The molecular formula is C11H7BrCl2N2O3. The summed E-state index contributed by atoms with van der Waals surface area (Å²) in [6.07, 6.45) is 0.938. The van der Waals surface area contributed by atoms with Crippen molar-refractivity contribution < 1.29 is 14.7 Å². The number of benzene rings is 1. The average molecular weight is 366 g/mol. The molecule has 0 radical (unpaired) electrons. The van der Waals surface area contributed by atoms with Crippen molar-refractivity contribution in [2.45, 2.75) is 0 Å². The molecule has 0 aromatic heterocycles. The number of nitrogens with one attached hydrogen (secondary N) is 1. The maximum absolute atomic E-state index is 11.6. The lowest BCUT2D eigenvalue weighted by Crippen LogP contribution is -2.17. The fraction of sp³-hybridized carbons (Fsp3) is 0. The van der Waals surface area contributed by atoms with Gasteiger partial charge >= 0.3 is 5.97 Å². The van der Waals surface area contributed by atoms with Gasteiger partial charge in [-0.25, -0.2) is 10.2 Å². The number of hydrazone groups is 1. The van der Waals surface area contributed by atoms with Crippen molar-refractivity contribution in [1.82, 2.24) is 5.43 Å². The van der Waals surface area contributed by atoms with Crippen molar-refractivity contribution in [2.75, 3.05) is 0 Å². The van der Waals surface area contributed by atoms with Crippen LogP contribution in [0.4, 0.5) is 0 Å². The molecule has 0 aliphatic heterocycles. The minimum absolute atomic E-state index is 0.288. The molecule has 0 heterocycles. The molecule has 19 heavy (non-hydrogen) atoms. The number of hydrogen-bond donors (Lipinski definition) is 2. The summed E-state index contributed by atoms with van der Waals surface area (Å²) in [5.74, 6) is -1.84. The van der Waals surface area contributed by atoms with E-state index in [0.29, 0.717) is 5.56 Å². The summed E-state index contributed by atoms with van der Waals surface area (Å²) in [5, 5.41) is 11.2. The van der Waals surface area contributed by atoms with Crippen LogP contribution in [0.2, 0.25) is 0 Å². The third-order valence-electron chi connectivity index (χ3n) is 1.83. The molecule has 1 rings (SSSR count). The number of carboxylic acid groups (broad SMARTS) is 1. The van der Waals surface area contributed by atoms with E-state index < -0.39 is 16.9 Å². The molecule has 0 fully saturated rings. The summed E-state index contributed by atoms with van der Waals surface area (Å²) >= 11 is 14.1. The molecule has 0 saturated carbocycles. The first-order valence-corrected chi connectivity index (χ1v) is 6.34. The first kappa shape index (κ1) is 15.7. The molecule has 0 aliphatic rings. The molecule has 1 aromatic rings. The van der Waals surface area contributed by atoms with E-state index in [-0.39, 0.29) is 5.03 Å². The molecule has 0 bridgehead atoms. The Labute approximate surface area is 127 Å². The second-order valence-electron chi connectivity index (χ2n) is 3.18. The Morgan fingerprint density at radius 2 is 2.05 bits per heavy atom. The van der Waals surface area contributed by atoms with Gasteiger partial charge in [0, 0.05) is 10.0 Å². The van der Waals surface area contributed by atoms with Crippen molar-refractivity contribution in [3.05, 3.63) is 44.4 Å². The molecule has 2 N–H and O–H groups in total. The van der Waals surface area contributed by atoms with E-state index in [0.717, 1.165) is 10.7 Å². The van der Waals surface area contributed by atoms with E-state index in [4.69, 9.17) is 28.3 Å². The number of nitrogens with zero attached hydrogens (tertiary/aromatic N) is 1. The Bertz CT molecular complexity index is 573. The molecule has 100 valence electrons. The number of carbonyl (C=O) groups excluding carboxylic acids is 1. The van der Waals surface area contributed by atoms with E-state index in [1.165, 1.54) is 0 Å². The van der Waals surface area contributed by atoms with Crippen molar-refractivity contribution in [3.63, 3.8) is 0 Å². The Morgan fingerprint density at radius 1 is 1.37 bits per heavy atom. The van der Waals surface area contributed by atoms with E-state index in [9.17, 15) is 9.59 Å². The second kappa shape index (κ2) is 7.28. The van der Waals surface area contributed by atoms with Gasteiger partial charge in [0.05, 0.1) is 11.2 Å². The highest BCUT2D eigenvalue weighted by molar-refractivity contribution is 9.10. The number of carboxylic acids is 1. The Kier molecular flexibility index (Phi) is 6.01. The zero-order valence-electron chi connectivity index (χ0n) is 9.23. The summed E-state index contributed by atoms with van der Waals surface area (Å²) in [4.78, 5) is 22.1. The summed E-state index contributed by atoms with van der Waals surface area (Å²) in [6, 6.07) is 6.66. The summed E-state index contributed by atoms with van der Waals surface area (Å²) in [6.45, 7) is 0. The lowest BCUT2D eigenvalue weighted by Gasteiger charge is -2.00. The molecular weight excluding hydrogens is 359 g/mol. The van der Waals surface area contributed by atoms with Crippen LogP contribution in [-0.2, 0) is 4.79 Å². The average Bonchev–Trinajstić information content (AvgIpc) is 2.37. The summed E-state index contributed by atoms with van der Waals surface area (Å²) < 4.78 is 0.746. The van der Waals surface area contributed by atoms with Crippen LogP contribution in [0.15, 0.2) is 43.9 Å². The van der Waals surface area contributed by atoms with Crippen LogP contribution in [0.3, 0.4) is 0 Å². The zero-order valence-corrected chi connectivity index (χ0v) is 12.3. The minimum atomic E-state index is -1.38. The third-order valence-corrected chi connectivity index (χ3v) is 3.07. The van der Waals surface area contributed by atoms with Gasteiger partial charge in [0.1, 0.15) is 5.03 Å². The van der Waals surface area contributed by atoms with E-state index in [1.807, 2.05) is 0 Å². The van der Waals surface area contributed by atoms with Crippen LogP contribution in [-0.4, -0.2) is 23.2 Å². The first-order valence-electron chi connectivity index (χ1n) is 4.79. The summed E-state index contributed by atoms with van der Waals surface area (Å²) in [5.41, 5.74) is 2.58. The molecule has 0 aliphatic carbocycles. The first-order chi connectivity index (χ1) is 8.91. The van der Waals surface area contributed by atoms with Gasteiger partial charge in [-0.2, -0.15) is 5.10 Å². The monoisotopic (exact) mass is 364 g/mol. The highest BCUT2D eigenvalue weighted by Gasteiger charge is 2.08. The van der Waals surface area contributed by atoms with Crippen molar-refractivity contribution >= 4 is 57.2 Å². The number of aliphatic carboxylic acids is 1. The highest BCUT2D eigenvalue weighted by atomic mass is 79.9. The predicted octanol–water partition coefficient (Wildman–Crippen LogP) is 2.94. The van der Waals surface area contributed by atoms with Crippen molar-refractivity contribution in [3.8, 4) is 0 Å². The Morgan fingerprint density at radius 3 is 2.63 bits per heavy atom. The van der Waals surface area contributed by atoms with Gasteiger partial charge < -0.3 is 5.11 Å². The smallest absolute Gasteiger partial charge is 0.348 e. The predicted molar refractivity (Wildman–Crippen MR) is 76.5 cm³/mol. The van der Waals surface area contributed by atoms with Gasteiger partial charge in [-0.1, -0.05) is 45.2 Å².